The number of rotatable bonds is 5. The molecule has 3 aromatic heterocycles. The Kier molecular flexibility index (Phi) is 4.38. The second-order valence-electron chi connectivity index (χ2n) is 6.97. The Labute approximate surface area is 151 Å². The molecule has 0 aromatic carbocycles. The molecule has 0 saturated carbocycles. The topological polar surface area (TPSA) is 68.8 Å². The lowest BCUT2D eigenvalue weighted by Crippen LogP contribution is -2.48. The van der Waals surface area contributed by atoms with E-state index in [9.17, 15) is 4.79 Å². The van der Waals surface area contributed by atoms with Gasteiger partial charge in [0.15, 0.2) is 5.82 Å². The molecule has 0 bridgehead atoms. The zero-order valence-corrected chi connectivity index (χ0v) is 15.0. The smallest absolute Gasteiger partial charge is 0.266 e. The van der Waals surface area contributed by atoms with Crippen molar-refractivity contribution < 1.29 is 0 Å². The van der Waals surface area contributed by atoms with Crippen LogP contribution in [-0.2, 0) is 13.1 Å². The van der Waals surface area contributed by atoms with Crippen molar-refractivity contribution in [2.45, 2.75) is 26.9 Å². The highest BCUT2D eigenvalue weighted by Crippen LogP contribution is 2.19. The molecule has 0 aliphatic carbocycles. The Morgan fingerprint density at radius 3 is 2.69 bits per heavy atom. The van der Waals surface area contributed by atoms with Gasteiger partial charge in [-0.15, -0.1) is 5.10 Å². The monoisotopic (exact) mass is 350 g/mol. The van der Waals surface area contributed by atoms with Crippen molar-refractivity contribution in [2.24, 2.45) is 5.92 Å². The Morgan fingerprint density at radius 2 is 2.00 bits per heavy atom. The maximum Gasteiger partial charge on any atom is 0.266 e. The summed E-state index contributed by atoms with van der Waals surface area (Å²) in [5.74, 6) is 1.12. The molecule has 1 saturated heterocycles. The van der Waals surface area contributed by atoms with Crippen molar-refractivity contribution in [3.8, 4) is 5.82 Å². The highest BCUT2D eigenvalue weighted by Gasteiger charge is 2.27. The molecule has 1 fully saturated rings. The third kappa shape index (κ3) is 3.43. The molecule has 3 aromatic rings. The van der Waals surface area contributed by atoms with E-state index in [1.54, 1.807) is 27.7 Å². The van der Waals surface area contributed by atoms with Crippen LogP contribution in [-0.4, -0.2) is 42.5 Å². The SMILES string of the molecule is Cc1cc(C)n(-c2ccc(=O)n(CC3CN(Cc4cccnc4)C3)n2)n1. The predicted molar refractivity (Wildman–Crippen MR) is 98.1 cm³/mol. The van der Waals surface area contributed by atoms with Gasteiger partial charge in [0.25, 0.3) is 5.56 Å². The van der Waals surface area contributed by atoms with Gasteiger partial charge in [-0.2, -0.15) is 5.10 Å². The molecule has 1 aliphatic heterocycles. The molecule has 0 spiro atoms. The average molecular weight is 350 g/mol. The number of aryl methyl sites for hydroxylation is 2. The Morgan fingerprint density at radius 1 is 1.15 bits per heavy atom. The van der Waals surface area contributed by atoms with Gasteiger partial charge >= 0.3 is 0 Å². The lowest BCUT2D eigenvalue weighted by molar-refractivity contribution is 0.0765. The van der Waals surface area contributed by atoms with E-state index in [4.69, 9.17) is 0 Å². The maximum atomic E-state index is 12.2. The van der Waals surface area contributed by atoms with E-state index in [2.05, 4.69) is 26.1 Å². The van der Waals surface area contributed by atoms with E-state index >= 15 is 0 Å². The van der Waals surface area contributed by atoms with E-state index in [1.165, 1.54) is 5.56 Å². The summed E-state index contributed by atoms with van der Waals surface area (Å²) >= 11 is 0. The van der Waals surface area contributed by atoms with E-state index < -0.39 is 0 Å². The van der Waals surface area contributed by atoms with Gasteiger partial charge in [0, 0.05) is 49.7 Å². The molecular formula is C19H22N6O. The van der Waals surface area contributed by atoms with Gasteiger partial charge in [0.1, 0.15) is 0 Å². The first-order valence-electron chi connectivity index (χ1n) is 8.81. The van der Waals surface area contributed by atoms with Crippen molar-refractivity contribution in [3.05, 3.63) is 70.0 Å². The number of pyridine rings is 1. The summed E-state index contributed by atoms with van der Waals surface area (Å²) in [7, 11) is 0. The minimum atomic E-state index is -0.0685. The standard InChI is InChI=1S/C19H22N6O/c1-14-8-15(2)25(21-14)18-5-6-19(26)24(22-18)13-17-11-23(12-17)10-16-4-3-7-20-9-16/h3-9,17H,10-13H2,1-2H3. The molecule has 7 nitrogen and oxygen atoms in total. The lowest BCUT2D eigenvalue weighted by atomic mass is 9.99. The summed E-state index contributed by atoms with van der Waals surface area (Å²) in [6.07, 6.45) is 3.69. The number of aromatic nitrogens is 5. The first-order chi connectivity index (χ1) is 12.6. The van der Waals surface area contributed by atoms with Gasteiger partial charge in [0.2, 0.25) is 0 Å². The molecule has 26 heavy (non-hydrogen) atoms. The van der Waals surface area contributed by atoms with Crippen LogP contribution in [0, 0.1) is 19.8 Å². The van der Waals surface area contributed by atoms with E-state index in [-0.39, 0.29) is 5.56 Å². The van der Waals surface area contributed by atoms with Gasteiger partial charge in [0.05, 0.1) is 12.2 Å². The molecule has 0 N–H and O–H groups in total. The fourth-order valence-electron chi connectivity index (χ4n) is 3.46. The van der Waals surface area contributed by atoms with Crippen LogP contribution in [0.3, 0.4) is 0 Å². The van der Waals surface area contributed by atoms with Crippen LogP contribution in [0.5, 0.6) is 0 Å². The van der Waals surface area contributed by atoms with Crippen molar-refractivity contribution in [3.63, 3.8) is 0 Å². The number of likely N-dealkylation sites (tertiary alicyclic amines) is 1. The summed E-state index contributed by atoms with van der Waals surface area (Å²) in [5.41, 5.74) is 3.09. The zero-order chi connectivity index (χ0) is 18.1. The quantitative estimate of drug-likeness (QED) is 0.699. The van der Waals surface area contributed by atoms with Crippen LogP contribution in [0.4, 0.5) is 0 Å². The van der Waals surface area contributed by atoms with Crippen molar-refractivity contribution in [2.75, 3.05) is 13.1 Å². The molecule has 0 amide bonds. The summed E-state index contributed by atoms with van der Waals surface area (Å²) in [6, 6.07) is 9.35. The van der Waals surface area contributed by atoms with E-state index in [0.717, 1.165) is 31.0 Å². The van der Waals surface area contributed by atoms with Gasteiger partial charge in [-0.25, -0.2) is 9.36 Å². The van der Waals surface area contributed by atoms with Crippen LogP contribution in [0.25, 0.3) is 5.82 Å². The molecule has 0 atom stereocenters. The van der Waals surface area contributed by atoms with Crippen LogP contribution in [0.1, 0.15) is 17.0 Å². The number of nitrogens with zero attached hydrogens (tertiary/aromatic N) is 6. The van der Waals surface area contributed by atoms with Crippen LogP contribution >= 0.6 is 0 Å². The van der Waals surface area contributed by atoms with E-state index in [1.807, 2.05) is 32.2 Å². The lowest BCUT2D eigenvalue weighted by Gasteiger charge is -2.39. The molecule has 7 heteroatoms. The first kappa shape index (κ1) is 16.7. The third-order valence-electron chi connectivity index (χ3n) is 4.67. The minimum Gasteiger partial charge on any atom is -0.298 e. The molecule has 4 rings (SSSR count). The predicted octanol–water partition coefficient (Wildman–Crippen LogP) is 1.57. The summed E-state index contributed by atoms with van der Waals surface area (Å²) in [4.78, 5) is 18.7. The largest absolute Gasteiger partial charge is 0.298 e. The number of hydrogen-bond acceptors (Lipinski definition) is 5. The second kappa shape index (κ2) is 6.84. The summed E-state index contributed by atoms with van der Waals surface area (Å²) in [6.45, 7) is 7.40. The second-order valence-corrected chi connectivity index (χ2v) is 6.97. The molecule has 0 unspecified atom stereocenters. The third-order valence-corrected chi connectivity index (χ3v) is 4.67. The highest BCUT2D eigenvalue weighted by molar-refractivity contribution is 5.23. The van der Waals surface area contributed by atoms with E-state index in [0.29, 0.717) is 18.3 Å². The summed E-state index contributed by atoms with van der Waals surface area (Å²) < 4.78 is 3.35. The number of hydrogen-bond donors (Lipinski definition) is 0. The fourth-order valence-corrected chi connectivity index (χ4v) is 3.46. The van der Waals surface area contributed by atoms with Crippen LogP contribution in [0.15, 0.2) is 47.5 Å². The van der Waals surface area contributed by atoms with Gasteiger partial charge in [-0.3, -0.25) is 14.7 Å². The maximum absolute atomic E-state index is 12.2. The molecule has 4 heterocycles. The van der Waals surface area contributed by atoms with Crippen LogP contribution < -0.4 is 5.56 Å². The fraction of sp³-hybridized carbons (Fsp3) is 0.368. The molecular weight excluding hydrogens is 328 g/mol. The van der Waals surface area contributed by atoms with Crippen LogP contribution in [0.2, 0.25) is 0 Å². The Bertz CT molecular complexity index is 956. The van der Waals surface area contributed by atoms with Gasteiger partial charge < -0.3 is 0 Å². The van der Waals surface area contributed by atoms with Crippen molar-refractivity contribution >= 4 is 0 Å². The van der Waals surface area contributed by atoms with Gasteiger partial charge in [-0.05, 0) is 37.6 Å². The zero-order valence-electron chi connectivity index (χ0n) is 15.0. The highest BCUT2D eigenvalue weighted by atomic mass is 16.1. The molecule has 0 radical (unpaired) electrons. The average Bonchev–Trinajstić information content (AvgIpc) is 2.94. The molecule has 1 aliphatic rings. The molecule has 134 valence electrons. The normalized spacial score (nSPS) is 15.2. The van der Waals surface area contributed by atoms with Crippen molar-refractivity contribution in [1.82, 2.24) is 29.4 Å². The minimum absolute atomic E-state index is 0.0685. The Hall–Kier alpha value is -2.80. The first-order valence-corrected chi connectivity index (χ1v) is 8.81. The summed E-state index contributed by atoms with van der Waals surface area (Å²) in [5, 5.41) is 8.97. The Balaban J connectivity index is 1.42. The van der Waals surface area contributed by atoms with Gasteiger partial charge in [-0.1, -0.05) is 6.07 Å². The van der Waals surface area contributed by atoms with Crippen molar-refractivity contribution in [1.29, 1.82) is 0 Å².